The van der Waals surface area contributed by atoms with Gasteiger partial charge in [-0.3, -0.25) is 10.1 Å². The van der Waals surface area contributed by atoms with Gasteiger partial charge in [0.25, 0.3) is 5.91 Å². The van der Waals surface area contributed by atoms with E-state index >= 15 is 0 Å². The second-order valence-corrected chi connectivity index (χ2v) is 7.49. The number of rotatable bonds is 3. The van der Waals surface area contributed by atoms with Gasteiger partial charge in [0.15, 0.2) is 10.9 Å². The van der Waals surface area contributed by atoms with E-state index in [1.807, 2.05) is 0 Å². The largest absolute Gasteiger partial charge is 0.451 e. The molecule has 0 aliphatic heterocycles. The Kier molecular flexibility index (Phi) is 6.62. The molecular formula is C19H10Cl3F3N2O2S. The van der Waals surface area contributed by atoms with Gasteiger partial charge in [0, 0.05) is 10.6 Å². The summed E-state index contributed by atoms with van der Waals surface area (Å²) in [6, 6.07) is 10.9. The summed E-state index contributed by atoms with van der Waals surface area (Å²) in [4.78, 5) is 12.3. The molecular weight excluding hydrogens is 484 g/mol. The SMILES string of the molecule is O=C(NC(=S)Nc1ccc(Cl)cc1C(F)(F)F)c1ccc(-c2cccc(Cl)c2Cl)o1. The van der Waals surface area contributed by atoms with Gasteiger partial charge < -0.3 is 9.73 Å². The zero-order valence-corrected chi connectivity index (χ0v) is 17.7. The molecule has 156 valence electrons. The van der Waals surface area contributed by atoms with Crippen molar-refractivity contribution in [2.24, 2.45) is 0 Å². The smallest absolute Gasteiger partial charge is 0.418 e. The first-order valence-corrected chi connectivity index (χ1v) is 9.64. The number of hydrogen-bond donors (Lipinski definition) is 2. The molecule has 0 aliphatic rings. The maximum Gasteiger partial charge on any atom is 0.418 e. The molecule has 0 spiro atoms. The monoisotopic (exact) mass is 492 g/mol. The van der Waals surface area contributed by atoms with E-state index in [2.05, 4.69) is 10.6 Å². The normalized spacial score (nSPS) is 11.3. The minimum atomic E-state index is -4.67. The quantitative estimate of drug-likeness (QED) is 0.384. The van der Waals surface area contributed by atoms with Crippen molar-refractivity contribution in [2.45, 2.75) is 6.18 Å². The summed E-state index contributed by atoms with van der Waals surface area (Å²) >= 11 is 22.7. The Morgan fingerprint density at radius 1 is 1.03 bits per heavy atom. The van der Waals surface area contributed by atoms with Crippen molar-refractivity contribution in [2.75, 3.05) is 5.32 Å². The topological polar surface area (TPSA) is 54.3 Å². The van der Waals surface area contributed by atoms with Crippen LogP contribution in [0.1, 0.15) is 16.1 Å². The third kappa shape index (κ3) is 5.07. The highest BCUT2D eigenvalue weighted by molar-refractivity contribution is 7.80. The summed E-state index contributed by atoms with van der Waals surface area (Å²) < 4.78 is 45.0. The molecule has 0 bridgehead atoms. The number of halogens is 6. The van der Waals surface area contributed by atoms with E-state index in [1.54, 1.807) is 18.2 Å². The first-order chi connectivity index (χ1) is 14.1. The maximum atomic E-state index is 13.2. The molecule has 1 aromatic heterocycles. The standard InChI is InChI=1S/C19H10Cl3F3N2O2S/c20-9-4-5-13(11(8-9)19(23,24)25)26-18(30)27-17(28)15-7-6-14(29-15)10-2-1-3-12(21)16(10)22/h1-8H,(H2,26,27,28,30). The average molecular weight is 494 g/mol. The highest BCUT2D eigenvalue weighted by Gasteiger charge is 2.34. The van der Waals surface area contributed by atoms with Crippen LogP contribution in [-0.2, 0) is 6.18 Å². The zero-order chi connectivity index (χ0) is 22.1. The Morgan fingerprint density at radius 3 is 2.47 bits per heavy atom. The first-order valence-electron chi connectivity index (χ1n) is 8.09. The van der Waals surface area contributed by atoms with Gasteiger partial charge in [-0.1, -0.05) is 40.9 Å². The Hall–Kier alpha value is -2.26. The van der Waals surface area contributed by atoms with Gasteiger partial charge in [-0.15, -0.1) is 0 Å². The highest BCUT2D eigenvalue weighted by Crippen LogP contribution is 2.37. The Morgan fingerprint density at radius 2 is 1.77 bits per heavy atom. The van der Waals surface area contributed by atoms with Crippen molar-refractivity contribution >= 4 is 63.7 Å². The van der Waals surface area contributed by atoms with E-state index < -0.39 is 17.6 Å². The molecule has 0 radical (unpaired) electrons. The Labute approximate surface area is 188 Å². The van der Waals surface area contributed by atoms with Crippen LogP contribution in [0.15, 0.2) is 52.9 Å². The van der Waals surface area contributed by atoms with E-state index in [0.29, 0.717) is 10.6 Å². The molecule has 1 heterocycles. The van der Waals surface area contributed by atoms with Gasteiger partial charge in [-0.2, -0.15) is 13.2 Å². The van der Waals surface area contributed by atoms with E-state index in [1.165, 1.54) is 18.2 Å². The lowest BCUT2D eigenvalue weighted by Gasteiger charge is -2.15. The van der Waals surface area contributed by atoms with Crippen molar-refractivity contribution < 1.29 is 22.4 Å². The minimum absolute atomic E-state index is 0.0920. The molecule has 4 nitrogen and oxygen atoms in total. The molecule has 11 heteroatoms. The molecule has 0 saturated heterocycles. The number of alkyl halides is 3. The number of hydrogen-bond acceptors (Lipinski definition) is 3. The maximum absolute atomic E-state index is 13.2. The van der Waals surface area contributed by atoms with E-state index in [4.69, 9.17) is 51.4 Å². The number of carbonyl (C=O) groups excluding carboxylic acids is 1. The summed E-state index contributed by atoms with van der Waals surface area (Å²) in [5, 5.41) is 4.71. The molecule has 0 fully saturated rings. The lowest BCUT2D eigenvalue weighted by Crippen LogP contribution is -2.34. The van der Waals surface area contributed by atoms with Crippen LogP contribution < -0.4 is 10.6 Å². The molecule has 0 saturated carbocycles. The van der Waals surface area contributed by atoms with Gasteiger partial charge in [0.05, 0.1) is 21.3 Å². The summed E-state index contributed by atoms with van der Waals surface area (Å²) in [5.74, 6) is -0.611. The van der Waals surface area contributed by atoms with Crippen LogP contribution in [0.5, 0.6) is 0 Å². The van der Waals surface area contributed by atoms with Crippen molar-refractivity contribution in [1.82, 2.24) is 5.32 Å². The minimum Gasteiger partial charge on any atom is -0.451 e. The first kappa shape index (κ1) is 22.4. The number of nitrogens with one attached hydrogen (secondary N) is 2. The van der Waals surface area contributed by atoms with E-state index in [-0.39, 0.29) is 32.4 Å². The fraction of sp³-hybridized carbons (Fsp3) is 0.0526. The fourth-order valence-corrected chi connectivity index (χ4v) is 3.25. The third-order valence-electron chi connectivity index (χ3n) is 3.81. The van der Waals surface area contributed by atoms with Crippen molar-refractivity contribution in [3.05, 3.63) is 74.9 Å². The van der Waals surface area contributed by atoms with Crippen molar-refractivity contribution in [3.63, 3.8) is 0 Å². The number of benzene rings is 2. The van der Waals surface area contributed by atoms with Gasteiger partial charge in [0.2, 0.25) is 0 Å². The predicted molar refractivity (Wildman–Crippen MR) is 114 cm³/mol. The second-order valence-electron chi connectivity index (χ2n) is 5.86. The van der Waals surface area contributed by atoms with Gasteiger partial charge in [0.1, 0.15) is 5.76 Å². The molecule has 2 N–H and O–H groups in total. The summed E-state index contributed by atoms with van der Waals surface area (Å²) in [5.41, 5.74) is -0.912. The van der Waals surface area contributed by atoms with Gasteiger partial charge in [-0.05, 0) is 54.7 Å². The van der Waals surface area contributed by atoms with Crippen molar-refractivity contribution in [3.8, 4) is 11.3 Å². The molecule has 2 aromatic carbocycles. The summed E-state index contributed by atoms with van der Waals surface area (Å²) in [6.07, 6.45) is -4.67. The van der Waals surface area contributed by atoms with Crippen LogP contribution in [0.25, 0.3) is 11.3 Å². The van der Waals surface area contributed by atoms with E-state index in [0.717, 1.165) is 12.1 Å². The second kappa shape index (κ2) is 8.85. The molecule has 30 heavy (non-hydrogen) atoms. The molecule has 3 aromatic rings. The van der Waals surface area contributed by atoms with E-state index in [9.17, 15) is 18.0 Å². The van der Waals surface area contributed by atoms with Crippen molar-refractivity contribution in [1.29, 1.82) is 0 Å². The number of anilines is 1. The highest BCUT2D eigenvalue weighted by atomic mass is 35.5. The molecule has 0 unspecified atom stereocenters. The number of thiocarbonyl (C=S) groups is 1. The molecule has 0 atom stereocenters. The van der Waals surface area contributed by atoms with Crippen LogP contribution in [0.3, 0.4) is 0 Å². The molecule has 3 rings (SSSR count). The number of amides is 1. The number of furan rings is 1. The summed E-state index contributed by atoms with van der Waals surface area (Å²) in [6.45, 7) is 0. The molecule has 1 amide bonds. The Balaban J connectivity index is 1.74. The van der Waals surface area contributed by atoms with Crippen LogP contribution in [0, 0.1) is 0 Å². The molecule has 0 aliphatic carbocycles. The van der Waals surface area contributed by atoms with Crippen LogP contribution in [0.2, 0.25) is 15.1 Å². The van der Waals surface area contributed by atoms with Crippen LogP contribution in [0.4, 0.5) is 18.9 Å². The predicted octanol–water partition coefficient (Wildman–Crippen LogP) is 7.05. The van der Waals surface area contributed by atoms with Crippen LogP contribution in [-0.4, -0.2) is 11.0 Å². The van der Waals surface area contributed by atoms with Crippen LogP contribution >= 0.6 is 47.0 Å². The average Bonchev–Trinajstić information content (AvgIpc) is 3.14. The third-order valence-corrected chi connectivity index (χ3v) is 5.07. The zero-order valence-electron chi connectivity index (χ0n) is 14.6. The lowest BCUT2D eigenvalue weighted by atomic mass is 10.1. The summed E-state index contributed by atoms with van der Waals surface area (Å²) in [7, 11) is 0. The Bertz CT molecular complexity index is 1130. The van der Waals surface area contributed by atoms with Gasteiger partial charge in [-0.25, -0.2) is 0 Å². The number of carbonyl (C=O) groups is 1. The lowest BCUT2D eigenvalue weighted by molar-refractivity contribution is -0.136. The fourth-order valence-electron chi connectivity index (χ4n) is 2.48. The van der Waals surface area contributed by atoms with Gasteiger partial charge >= 0.3 is 6.18 Å².